The van der Waals surface area contributed by atoms with Crippen molar-refractivity contribution < 1.29 is 39.0 Å². The molecule has 4 atom stereocenters. The smallest absolute Gasteiger partial charge is 0.115 e. The summed E-state index contributed by atoms with van der Waals surface area (Å²) in [5.74, 6) is 0. The second kappa shape index (κ2) is 13.0. The fraction of sp³-hybridized carbons (Fsp3) is 1.00. The minimum Gasteiger partial charge on any atom is -0.394 e. The van der Waals surface area contributed by atoms with Gasteiger partial charge in [0.25, 0.3) is 0 Å². The van der Waals surface area contributed by atoms with Crippen LogP contribution >= 0.6 is 0 Å². The Morgan fingerprint density at radius 1 is 1.00 bits per heavy atom. The zero-order chi connectivity index (χ0) is 16.9. The third-order valence-corrected chi connectivity index (χ3v) is 3.39. The molecular formula is C15H30O8. The average Bonchev–Trinajstić information content (AvgIpc) is 2.96. The Morgan fingerprint density at radius 2 is 1.70 bits per heavy atom. The lowest BCUT2D eigenvalue weighted by Crippen LogP contribution is -2.45. The monoisotopic (exact) mass is 338 g/mol. The van der Waals surface area contributed by atoms with Crippen LogP contribution in [0.1, 0.15) is 13.3 Å². The summed E-state index contributed by atoms with van der Waals surface area (Å²) in [6.07, 6.45) is -0.702. The van der Waals surface area contributed by atoms with Crippen LogP contribution in [0.15, 0.2) is 0 Å². The van der Waals surface area contributed by atoms with Gasteiger partial charge < -0.3 is 39.0 Å². The van der Waals surface area contributed by atoms with E-state index in [0.29, 0.717) is 19.8 Å². The molecule has 0 aromatic heterocycles. The molecule has 8 heteroatoms. The van der Waals surface area contributed by atoms with Crippen molar-refractivity contribution in [2.24, 2.45) is 0 Å². The van der Waals surface area contributed by atoms with Gasteiger partial charge in [-0.3, -0.25) is 0 Å². The zero-order valence-corrected chi connectivity index (χ0v) is 13.8. The summed E-state index contributed by atoms with van der Waals surface area (Å²) in [6.45, 7) is 3.50. The van der Waals surface area contributed by atoms with Crippen molar-refractivity contribution in [1.29, 1.82) is 0 Å². The summed E-state index contributed by atoms with van der Waals surface area (Å²) in [4.78, 5) is 0. The predicted molar refractivity (Wildman–Crippen MR) is 81.3 cm³/mol. The molecule has 1 rings (SSSR count). The highest BCUT2D eigenvalue weighted by molar-refractivity contribution is 4.91. The molecule has 0 bridgehead atoms. The molecule has 0 saturated carbocycles. The van der Waals surface area contributed by atoms with Gasteiger partial charge in [-0.05, 0) is 6.42 Å². The average molecular weight is 338 g/mol. The highest BCUT2D eigenvalue weighted by Gasteiger charge is 2.43. The predicted octanol–water partition coefficient (Wildman–Crippen LogP) is -1.06. The molecule has 4 unspecified atom stereocenters. The van der Waals surface area contributed by atoms with Gasteiger partial charge in [0.05, 0.1) is 52.9 Å². The number of ether oxygens (including phenoxy) is 5. The molecule has 8 nitrogen and oxygen atoms in total. The largest absolute Gasteiger partial charge is 0.394 e. The van der Waals surface area contributed by atoms with E-state index in [4.69, 9.17) is 39.0 Å². The van der Waals surface area contributed by atoms with E-state index in [1.807, 2.05) is 6.92 Å². The minimum absolute atomic E-state index is 0.0854. The molecule has 1 fully saturated rings. The maximum absolute atomic E-state index is 8.99. The number of hydrogen-bond donors (Lipinski definition) is 3. The lowest BCUT2D eigenvalue weighted by Gasteiger charge is -2.29. The van der Waals surface area contributed by atoms with Crippen LogP contribution in [-0.4, -0.2) is 99.2 Å². The van der Waals surface area contributed by atoms with Crippen LogP contribution in [0.5, 0.6) is 0 Å². The molecule has 3 N–H and O–H groups in total. The van der Waals surface area contributed by atoms with Gasteiger partial charge in [0.2, 0.25) is 0 Å². The van der Waals surface area contributed by atoms with Crippen LogP contribution in [0.3, 0.4) is 0 Å². The van der Waals surface area contributed by atoms with Gasteiger partial charge in [-0.15, -0.1) is 0 Å². The van der Waals surface area contributed by atoms with E-state index < -0.39 is 18.3 Å². The van der Waals surface area contributed by atoms with E-state index in [9.17, 15) is 0 Å². The molecule has 138 valence electrons. The molecule has 0 radical (unpaired) electrons. The summed E-state index contributed by atoms with van der Waals surface area (Å²) in [6, 6.07) is 0. The van der Waals surface area contributed by atoms with Crippen molar-refractivity contribution in [3.8, 4) is 0 Å². The second-order valence-corrected chi connectivity index (χ2v) is 5.20. The van der Waals surface area contributed by atoms with Crippen molar-refractivity contribution in [1.82, 2.24) is 0 Å². The molecule has 0 amide bonds. The van der Waals surface area contributed by atoms with Gasteiger partial charge in [-0.2, -0.15) is 0 Å². The first-order valence-corrected chi connectivity index (χ1v) is 8.15. The van der Waals surface area contributed by atoms with Gasteiger partial charge in [0.15, 0.2) is 0 Å². The van der Waals surface area contributed by atoms with Gasteiger partial charge in [0, 0.05) is 6.61 Å². The Balaban J connectivity index is 2.66. The van der Waals surface area contributed by atoms with Crippen LogP contribution in [0, 0.1) is 0 Å². The molecule has 0 aromatic carbocycles. The zero-order valence-electron chi connectivity index (χ0n) is 13.8. The molecule has 0 spiro atoms. The Morgan fingerprint density at radius 3 is 2.35 bits per heavy atom. The van der Waals surface area contributed by atoms with E-state index >= 15 is 0 Å². The van der Waals surface area contributed by atoms with Crippen molar-refractivity contribution >= 4 is 0 Å². The van der Waals surface area contributed by atoms with E-state index in [2.05, 4.69) is 0 Å². The van der Waals surface area contributed by atoms with Crippen LogP contribution < -0.4 is 0 Å². The molecule has 0 aromatic rings. The summed E-state index contributed by atoms with van der Waals surface area (Å²) in [7, 11) is 0. The lowest BCUT2D eigenvalue weighted by molar-refractivity contribution is -0.134. The summed E-state index contributed by atoms with van der Waals surface area (Å²) in [5, 5.41) is 26.9. The third-order valence-electron chi connectivity index (χ3n) is 3.39. The quantitative estimate of drug-likeness (QED) is 0.344. The number of aliphatic hydroxyl groups excluding tert-OH is 3. The minimum atomic E-state index is -0.428. The fourth-order valence-corrected chi connectivity index (χ4v) is 2.45. The molecule has 0 aliphatic carbocycles. The lowest BCUT2D eigenvalue weighted by atomic mass is 10.1. The van der Waals surface area contributed by atoms with E-state index in [0.717, 1.165) is 6.42 Å². The third kappa shape index (κ3) is 7.40. The Bertz CT molecular complexity index is 278. The number of aliphatic hydroxyl groups is 3. The first-order chi connectivity index (χ1) is 11.3. The van der Waals surface area contributed by atoms with Crippen molar-refractivity contribution in [3.63, 3.8) is 0 Å². The standard InChI is InChI=1S/C15H30O8/c1-2-6-19-10-12(20-7-3-16)15-14(22-9-5-18)13(11-23-15)21-8-4-17/h12-18H,2-11H2,1H3. The van der Waals surface area contributed by atoms with E-state index in [-0.39, 0.29) is 45.7 Å². The normalized spacial score (nSPS) is 25.8. The van der Waals surface area contributed by atoms with Crippen LogP contribution in [0.2, 0.25) is 0 Å². The van der Waals surface area contributed by atoms with Crippen molar-refractivity contribution in [2.45, 2.75) is 37.8 Å². The summed E-state index contributed by atoms with van der Waals surface area (Å²) in [5.41, 5.74) is 0. The maximum atomic E-state index is 8.99. The van der Waals surface area contributed by atoms with Crippen LogP contribution in [0.25, 0.3) is 0 Å². The molecule has 1 aliphatic rings. The molecule has 1 heterocycles. The van der Waals surface area contributed by atoms with Gasteiger partial charge >= 0.3 is 0 Å². The molecular weight excluding hydrogens is 308 g/mol. The first-order valence-electron chi connectivity index (χ1n) is 8.15. The summed E-state index contributed by atoms with van der Waals surface area (Å²) >= 11 is 0. The van der Waals surface area contributed by atoms with Crippen LogP contribution in [-0.2, 0) is 23.7 Å². The molecule has 23 heavy (non-hydrogen) atoms. The van der Waals surface area contributed by atoms with Crippen molar-refractivity contribution in [3.05, 3.63) is 0 Å². The second-order valence-electron chi connectivity index (χ2n) is 5.20. The first kappa shape index (κ1) is 20.7. The van der Waals surface area contributed by atoms with Gasteiger partial charge in [0.1, 0.15) is 24.4 Å². The molecule has 1 aliphatic heterocycles. The topological polar surface area (TPSA) is 107 Å². The van der Waals surface area contributed by atoms with Crippen LogP contribution in [0.4, 0.5) is 0 Å². The fourth-order valence-electron chi connectivity index (χ4n) is 2.45. The van der Waals surface area contributed by atoms with E-state index in [1.165, 1.54) is 0 Å². The Hall–Kier alpha value is -0.320. The van der Waals surface area contributed by atoms with Crippen molar-refractivity contribution in [2.75, 3.05) is 59.5 Å². The SMILES string of the molecule is CCCOCC(OCCO)C1OCC(OCCO)C1OCCO. The number of rotatable bonds is 14. The van der Waals surface area contributed by atoms with Gasteiger partial charge in [-0.1, -0.05) is 6.92 Å². The summed E-state index contributed by atoms with van der Waals surface area (Å²) < 4.78 is 28.2. The highest BCUT2D eigenvalue weighted by atomic mass is 16.6. The van der Waals surface area contributed by atoms with Gasteiger partial charge in [-0.25, -0.2) is 0 Å². The Labute approximate surface area is 137 Å². The highest BCUT2D eigenvalue weighted by Crippen LogP contribution is 2.25. The molecule has 1 saturated heterocycles. The number of hydrogen-bond acceptors (Lipinski definition) is 8. The van der Waals surface area contributed by atoms with E-state index in [1.54, 1.807) is 0 Å². The maximum Gasteiger partial charge on any atom is 0.115 e. The Kier molecular flexibility index (Phi) is 11.7.